The number of carbonyl (C=O) groups excluding carboxylic acids is 1. The van der Waals surface area contributed by atoms with Gasteiger partial charge in [-0.1, -0.05) is 18.2 Å². The zero-order valence-corrected chi connectivity index (χ0v) is 15.2. The Labute approximate surface area is 148 Å². The Morgan fingerprint density at radius 3 is 2.36 bits per heavy atom. The van der Waals surface area contributed by atoms with Crippen LogP contribution >= 0.6 is 0 Å². The van der Waals surface area contributed by atoms with Gasteiger partial charge in [0, 0.05) is 11.1 Å². The second kappa shape index (κ2) is 8.97. The maximum atomic E-state index is 12.6. The summed E-state index contributed by atoms with van der Waals surface area (Å²) >= 11 is 0. The van der Waals surface area contributed by atoms with E-state index in [0.717, 1.165) is 11.3 Å². The predicted molar refractivity (Wildman–Crippen MR) is 97.7 cm³/mol. The number of rotatable bonds is 8. The van der Waals surface area contributed by atoms with E-state index < -0.39 is 0 Å². The SMILES string of the molecule is CCOc1ccc(C(=O)NC(C)c2ccccc2OC)cc1OCC. The zero-order valence-electron chi connectivity index (χ0n) is 15.2. The second-order valence-corrected chi connectivity index (χ2v) is 5.46. The van der Waals surface area contributed by atoms with Crippen LogP contribution < -0.4 is 19.5 Å². The molecule has 0 aliphatic rings. The molecule has 0 bridgehead atoms. The van der Waals surface area contributed by atoms with Crippen molar-refractivity contribution < 1.29 is 19.0 Å². The first-order chi connectivity index (χ1) is 12.1. The molecule has 0 saturated carbocycles. The first kappa shape index (κ1) is 18.6. The third kappa shape index (κ3) is 4.66. The minimum Gasteiger partial charge on any atom is -0.496 e. The van der Waals surface area contributed by atoms with Gasteiger partial charge in [-0.3, -0.25) is 4.79 Å². The molecule has 0 spiro atoms. The number of hydrogen-bond donors (Lipinski definition) is 1. The van der Waals surface area contributed by atoms with Crippen molar-refractivity contribution in [2.45, 2.75) is 26.8 Å². The van der Waals surface area contributed by atoms with E-state index >= 15 is 0 Å². The topological polar surface area (TPSA) is 56.8 Å². The van der Waals surface area contributed by atoms with Crippen molar-refractivity contribution in [3.63, 3.8) is 0 Å². The molecular formula is C20H25NO4. The van der Waals surface area contributed by atoms with Gasteiger partial charge < -0.3 is 19.5 Å². The van der Waals surface area contributed by atoms with Crippen molar-refractivity contribution in [3.05, 3.63) is 53.6 Å². The third-order valence-corrected chi connectivity index (χ3v) is 3.76. The summed E-state index contributed by atoms with van der Waals surface area (Å²) in [4.78, 5) is 12.6. The molecule has 0 heterocycles. The van der Waals surface area contributed by atoms with Crippen molar-refractivity contribution in [3.8, 4) is 17.2 Å². The van der Waals surface area contributed by atoms with Crippen LogP contribution in [0.25, 0.3) is 0 Å². The number of amides is 1. The summed E-state index contributed by atoms with van der Waals surface area (Å²) in [6.45, 7) is 6.77. The quantitative estimate of drug-likeness (QED) is 0.787. The van der Waals surface area contributed by atoms with Gasteiger partial charge in [0.25, 0.3) is 5.91 Å². The molecule has 0 saturated heterocycles. The summed E-state index contributed by atoms with van der Waals surface area (Å²) in [7, 11) is 1.62. The first-order valence-electron chi connectivity index (χ1n) is 8.44. The highest BCUT2D eigenvalue weighted by Gasteiger charge is 2.16. The van der Waals surface area contributed by atoms with Crippen LogP contribution in [0.2, 0.25) is 0 Å². The normalized spacial score (nSPS) is 11.5. The van der Waals surface area contributed by atoms with Crippen molar-refractivity contribution in [2.75, 3.05) is 20.3 Å². The lowest BCUT2D eigenvalue weighted by Crippen LogP contribution is -2.27. The highest BCUT2D eigenvalue weighted by molar-refractivity contribution is 5.95. The number of para-hydroxylation sites is 1. The van der Waals surface area contributed by atoms with Crippen LogP contribution in [0.3, 0.4) is 0 Å². The lowest BCUT2D eigenvalue weighted by atomic mass is 10.1. The Morgan fingerprint density at radius 2 is 1.68 bits per heavy atom. The maximum absolute atomic E-state index is 12.6. The van der Waals surface area contributed by atoms with E-state index in [1.54, 1.807) is 25.3 Å². The lowest BCUT2D eigenvalue weighted by molar-refractivity contribution is 0.0939. The van der Waals surface area contributed by atoms with Gasteiger partial charge in [0.05, 0.1) is 26.4 Å². The van der Waals surface area contributed by atoms with Gasteiger partial charge in [0.1, 0.15) is 5.75 Å². The third-order valence-electron chi connectivity index (χ3n) is 3.76. The Kier molecular flexibility index (Phi) is 6.69. The van der Waals surface area contributed by atoms with E-state index in [4.69, 9.17) is 14.2 Å². The molecule has 0 aliphatic heterocycles. The van der Waals surface area contributed by atoms with Crippen LogP contribution in [0.4, 0.5) is 0 Å². The molecule has 134 valence electrons. The molecule has 25 heavy (non-hydrogen) atoms. The van der Waals surface area contributed by atoms with Crippen LogP contribution in [0, 0.1) is 0 Å². The second-order valence-electron chi connectivity index (χ2n) is 5.46. The van der Waals surface area contributed by atoms with E-state index in [2.05, 4.69) is 5.32 Å². The standard InChI is InChI=1S/C20H25NO4/c1-5-24-18-12-11-15(13-19(18)25-6-2)20(22)21-14(3)16-9-7-8-10-17(16)23-4/h7-14H,5-6H2,1-4H3,(H,21,22). The average molecular weight is 343 g/mol. The van der Waals surface area contributed by atoms with Crippen LogP contribution in [0.1, 0.15) is 42.7 Å². The van der Waals surface area contributed by atoms with Crippen LogP contribution in [0.15, 0.2) is 42.5 Å². The summed E-state index contributed by atoms with van der Waals surface area (Å²) in [5.41, 5.74) is 1.45. The van der Waals surface area contributed by atoms with Crippen molar-refractivity contribution in [1.29, 1.82) is 0 Å². The van der Waals surface area contributed by atoms with E-state index in [9.17, 15) is 4.79 Å². The monoisotopic (exact) mass is 343 g/mol. The van der Waals surface area contributed by atoms with Crippen LogP contribution in [0.5, 0.6) is 17.2 Å². The van der Waals surface area contributed by atoms with E-state index in [1.807, 2.05) is 45.0 Å². The molecule has 1 atom stereocenters. The van der Waals surface area contributed by atoms with Gasteiger partial charge in [-0.05, 0) is 45.0 Å². The molecule has 2 aromatic rings. The minimum absolute atomic E-state index is 0.178. The van der Waals surface area contributed by atoms with Gasteiger partial charge in [0.15, 0.2) is 11.5 Å². The number of benzene rings is 2. The Bertz CT molecular complexity index is 715. The fourth-order valence-corrected chi connectivity index (χ4v) is 2.57. The molecule has 1 unspecified atom stereocenters. The Hall–Kier alpha value is -2.69. The van der Waals surface area contributed by atoms with Gasteiger partial charge in [-0.15, -0.1) is 0 Å². The number of methoxy groups -OCH3 is 1. The van der Waals surface area contributed by atoms with E-state index in [-0.39, 0.29) is 11.9 Å². The molecule has 1 N–H and O–H groups in total. The molecular weight excluding hydrogens is 318 g/mol. The molecule has 0 aromatic heterocycles. The fraction of sp³-hybridized carbons (Fsp3) is 0.350. The van der Waals surface area contributed by atoms with Gasteiger partial charge >= 0.3 is 0 Å². The largest absolute Gasteiger partial charge is 0.496 e. The Balaban J connectivity index is 2.18. The smallest absolute Gasteiger partial charge is 0.251 e. The first-order valence-corrected chi connectivity index (χ1v) is 8.44. The van der Waals surface area contributed by atoms with Gasteiger partial charge in [-0.25, -0.2) is 0 Å². The molecule has 0 radical (unpaired) electrons. The number of nitrogens with one attached hydrogen (secondary N) is 1. The highest BCUT2D eigenvalue weighted by Crippen LogP contribution is 2.29. The summed E-state index contributed by atoms with van der Waals surface area (Å²) < 4.78 is 16.5. The van der Waals surface area contributed by atoms with Crippen molar-refractivity contribution in [2.24, 2.45) is 0 Å². The zero-order chi connectivity index (χ0) is 18.2. The molecule has 5 nitrogen and oxygen atoms in total. The molecule has 0 aliphatic carbocycles. The molecule has 2 aromatic carbocycles. The lowest BCUT2D eigenvalue weighted by Gasteiger charge is -2.18. The van der Waals surface area contributed by atoms with Gasteiger partial charge in [0.2, 0.25) is 0 Å². The summed E-state index contributed by atoms with van der Waals surface area (Å²) in [5, 5.41) is 2.99. The van der Waals surface area contributed by atoms with E-state index in [0.29, 0.717) is 30.3 Å². The van der Waals surface area contributed by atoms with Crippen LogP contribution in [-0.4, -0.2) is 26.2 Å². The molecule has 5 heteroatoms. The summed E-state index contributed by atoms with van der Waals surface area (Å²) in [6.07, 6.45) is 0. The Morgan fingerprint density at radius 1 is 1.00 bits per heavy atom. The minimum atomic E-state index is -0.189. The fourth-order valence-electron chi connectivity index (χ4n) is 2.57. The van der Waals surface area contributed by atoms with E-state index in [1.165, 1.54) is 0 Å². The molecule has 2 rings (SSSR count). The number of carbonyl (C=O) groups is 1. The molecule has 0 fully saturated rings. The van der Waals surface area contributed by atoms with Crippen molar-refractivity contribution >= 4 is 5.91 Å². The number of ether oxygens (including phenoxy) is 3. The number of hydrogen-bond acceptors (Lipinski definition) is 4. The van der Waals surface area contributed by atoms with Crippen LogP contribution in [-0.2, 0) is 0 Å². The average Bonchev–Trinajstić information content (AvgIpc) is 2.63. The highest BCUT2D eigenvalue weighted by atomic mass is 16.5. The van der Waals surface area contributed by atoms with Crippen molar-refractivity contribution in [1.82, 2.24) is 5.32 Å². The predicted octanol–water partition coefficient (Wildman–Crippen LogP) is 3.98. The van der Waals surface area contributed by atoms with Gasteiger partial charge in [-0.2, -0.15) is 0 Å². The maximum Gasteiger partial charge on any atom is 0.251 e. The molecule has 1 amide bonds. The summed E-state index contributed by atoms with van der Waals surface area (Å²) in [6, 6.07) is 12.6. The summed E-state index contributed by atoms with van der Waals surface area (Å²) in [5.74, 6) is 1.78.